The minimum Gasteiger partial charge on any atom is -0.475 e. The average Bonchev–Trinajstić information content (AvgIpc) is 3.23. The van der Waals surface area contributed by atoms with Crippen LogP contribution in [0.3, 0.4) is 0 Å². The van der Waals surface area contributed by atoms with Crippen molar-refractivity contribution in [2.75, 3.05) is 23.4 Å². The van der Waals surface area contributed by atoms with Crippen LogP contribution >= 0.6 is 0 Å². The Morgan fingerprint density at radius 1 is 1.21 bits per heavy atom. The number of carboxylic acids is 1. The van der Waals surface area contributed by atoms with Gasteiger partial charge in [0.2, 0.25) is 5.91 Å². The third-order valence-electron chi connectivity index (χ3n) is 5.29. The van der Waals surface area contributed by atoms with Gasteiger partial charge in [-0.15, -0.1) is 0 Å². The fourth-order valence-corrected chi connectivity index (χ4v) is 3.51. The second-order valence-electron chi connectivity index (χ2n) is 8.11. The van der Waals surface area contributed by atoms with Crippen LogP contribution < -0.4 is 21.4 Å². The normalized spacial score (nSPS) is 14.9. The molecule has 3 rings (SSSR count). The summed E-state index contributed by atoms with van der Waals surface area (Å²) >= 11 is 0. The van der Waals surface area contributed by atoms with Crippen LogP contribution in [0.1, 0.15) is 30.9 Å². The number of anilines is 2. The summed E-state index contributed by atoms with van der Waals surface area (Å²) in [7, 11) is 0. The number of urea groups is 1. The van der Waals surface area contributed by atoms with Crippen molar-refractivity contribution < 1.29 is 42.2 Å². The highest BCUT2D eigenvalue weighted by Gasteiger charge is 2.38. The van der Waals surface area contributed by atoms with Crippen molar-refractivity contribution in [2.45, 2.75) is 38.4 Å². The van der Waals surface area contributed by atoms with Crippen molar-refractivity contribution in [2.24, 2.45) is 10.9 Å². The molecule has 0 unspecified atom stereocenters. The van der Waals surface area contributed by atoms with E-state index in [2.05, 4.69) is 15.7 Å². The lowest BCUT2D eigenvalue weighted by molar-refractivity contribution is -0.192. The van der Waals surface area contributed by atoms with Gasteiger partial charge >= 0.3 is 24.1 Å². The number of ether oxygens (including phenoxy) is 1. The highest BCUT2D eigenvalue weighted by Crippen LogP contribution is 2.22. The molecule has 39 heavy (non-hydrogen) atoms. The molecule has 0 radical (unpaired) electrons. The first-order chi connectivity index (χ1) is 18.4. The number of nitrogens with one attached hydrogen (secondary N) is 2. The number of hydrogen-bond acceptors (Lipinski definition) is 7. The van der Waals surface area contributed by atoms with E-state index in [0.29, 0.717) is 31.7 Å². The van der Waals surface area contributed by atoms with Crippen molar-refractivity contribution in [1.82, 2.24) is 5.32 Å². The largest absolute Gasteiger partial charge is 0.490 e. The lowest BCUT2D eigenvalue weighted by Crippen LogP contribution is -2.43. The number of aryl methyl sites for hydroxylation is 1. The molecular weight excluding hydrogens is 523 g/mol. The lowest BCUT2D eigenvalue weighted by Gasteiger charge is -2.17. The molecule has 2 aromatic rings. The number of aliphatic carboxylic acids is 1. The number of benzene rings is 2. The molecule has 1 saturated heterocycles. The van der Waals surface area contributed by atoms with Crippen LogP contribution in [0, 0.1) is 0 Å². The van der Waals surface area contributed by atoms with E-state index in [4.69, 9.17) is 20.5 Å². The first-order valence-corrected chi connectivity index (χ1v) is 11.7. The molecule has 210 valence electrons. The molecule has 1 heterocycles. The van der Waals surface area contributed by atoms with Crippen LogP contribution in [-0.4, -0.2) is 60.6 Å². The number of halogens is 3. The molecule has 0 bridgehead atoms. The molecule has 14 heteroatoms. The Hall–Kier alpha value is -4.62. The smallest absolute Gasteiger partial charge is 0.475 e. The number of nitrogens with zero attached hydrogens (tertiary/aromatic N) is 2. The highest BCUT2D eigenvalue weighted by molar-refractivity contribution is 6.02. The Morgan fingerprint density at radius 2 is 1.87 bits per heavy atom. The number of amides is 3. The van der Waals surface area contributed by atoms with Gasteiger partial charge in [-0.25, -0.2) is 9.59 Å². The van der Waals surface area contributed by atoms with Crippen LogP contribution in [0.2, 0.25) is 0 Å². The van der Waals surface area contributed by atoms with E-state index in [9.17, 15) is 27.6 Å². The predicted octanol–water partition coefficient (Wildman–Crippen LogP) is 3.04. The van der Waals surface area contributed by atoms with E-state index in [0.717, 1.165) is 16.8 Å². The summed E-state index contributed by atoms with van der Waals surface area (Å²) in [5.41, 5.74) is 3.08. The molecule has 0 saturated carbocycles. The third-order valence-corrected chi connectivity index (χ3v) is 5.29. The van der Waals surface area contributed by atoms with Gasteiger partial charge in [0.15, 0.2) is 0 Å². The van der Waals surface area contributed by atoms with Gasteiger partial charge in [-0.2, -0.15) is 18.3 Å². The lowest BCUT2D eigenvalue weighted by atomic mass is 10.1. The zero-order chi connectivity index (χ0) is 29.0. The molecule has 2 aromatic carbocycles. The van der Waals surface area contributed by atoms with Gasteiger partial charge in [-0.3, -0.25) is 9.59 Å². The molecule has 1 aliphatic heterocycles. The van der Waals surface area contributed by atoms with Gasteiger partial charge in [0.25, 0.3) is 0 Å². The van der Waals surface area contributed by atoms with Gasteiger partial charge in [0.1, 0.15) is 6.04 Å². The second-order valence-corrected chi connectivity index (χ2v) is 8.11. The third kappa shape index (κ3) is 9.98. The topological polar surface area (TPSA) is 163 Å². The van der Waals surface area contributed by atoms with E-state index >= 15 is 0 Å². The maximum Gasteiger partial charge on any atom is 0.490 e. The van der Waals surface area contributed by atoms with Crippen molar-refractivity contribution >= 4 is 41.5 Å². The van der Waals surface area contributed by atoms with Crippen LogP contribution in [0.4, 0.5) is 29.3 Å². The number of carbonyl (C=O) groups is 4. The summed E-state index contributed by atoms with van der Waals surface area (Å²) in [5, 5.41) is 16.1. The Bertz CT molecular complexity index is 1190. The number of carbonyl (C=O) groups excluding carboxylic acids is 3. The number of nitrogens with two attached hydrogens (primary N) is 1. The van der Waals surface area contributed by atoms with Crippen molar-refractivity contribution in [1.29, 1.82) is 0 Å². The standard InChI is InChI=1S/C23H27N5O4.C2HF3O2/c1-2-32-21(29)11-8-16-4-3-5-18(14-16)26-23(31)27-20-12-13-28(22(20)30)19-9-6-17(7-10-19)15-25-24;3-2(4,5)1(6)7/h3-7,9-10,14-15,20H,2,8,11-13,24H2,1H3,(H2,26,27,31);(H,6,7)/t20-;/m0./s1. The van der Waals surface area contributed by atoms with Gasteiger partial charge in [-0.1, -0.05) is 24.3 Å². The van der Waals surface area contributed by atoms with E-state index in [1.54, 1.807) is 30.0 Å². The number of hydrogen-bond donors (Lipinski definition) is 4. The number of alkyl halides is 3. The maximum absolute atomic E-state index is 12.8. The molecule has 0 aromatic heterocycles. The van der Waals surface area contributed by atoms with Crippen LogP contribution in [0.5, 0.6) is 0 Å². The summed E-state index contributed by atoms with van der Waals surface area (Å²) in [6, 6.07) is 13.5. The van der Waals surface area contributed by atoms with E-state index in [1.165, 1.54) is 6.21 Å². The molecule has 1 fully saturated rings. The summed E-state index contributed by atoms with van der Waals surface area (Å²) in [5.74, 6) is 1.97. The van der Waals surface area contributed by atoms with E-state index in [1.807, 2.05) is 30.3 Å². The summed E-state index contributed by atoms with van der Waals surface area (Å²) < 4.78 is 36.7. The first-order valence-electron chi connectivity index (χ1n) is 11.7. The molecule has 5 N–H and O–H groups in total. The molecule has 1 aliphatic rings. The fourth-order valence-electron chi connectivity index (χ4n) is 3.51. The van der Waals surface area contributed by atoms with Gasteiger partial charge in [0.05, 0.1) is 12.8 Å². The Balaban J connectivity index is 0.000000673. The fraction of sp³-hybridized carbons (Fsp3) is 0.320. The Kier molecular flexibility index (Phi) is 11.3. The predicted molar refractivity (Wildman–Crippen MR) is 136 cm³/mol. The van der Waals surface area contributed by atoms with E-state index in [-0.39, 0.29) is 18.3 Å². The van der Waals surface area contributed by atoms with Crippen molar-refractivity contribution in [3.8, 4) is 0 Å². The highest BCUT2D eigenvalue weighted by atomic mass is 19.4. The van der Waals surface area contributed by atoms with Crippen molar-refractivity contribution in [3.63, 3.8) is 0 Å². The first kappa shape index (κ1) is 30.6. The van der Waals surface area contributed by atoms with Crippen molar-refractivity contribution in [3.05, 3.63) is 59.7 Å². The van der Waals surface area contributed by atoms with Gasteiger partial charge < -0.3 is 31.2 Å². The Morgan fingerprint density at radius 3 is 2.46 bits per heavy atom. The number of carboxylic acid groups (broad SMARTS) is 1. The summed E-state index contributed by atoms with van der Waals surface area (Å²) in [6.45, 7) is 2.63. The molecule has 3 amide bonds. The Labute approximate surface area is 221 Å². The second kappa shape index (κ2) is 14.4. The molecule has 1 atom stereocenters. The van der Waals surface area contributed by atoms with E-state index < -0.39 is 24.2 Å². The SMILES string of the molecule is CCOC(=O)CCc1cccc(NC(=O)N[C@H]2CCN(c3ccc(C=NN)cc3)C2=O)c1.O=C(O)C(F)(F)F. The summed E-state index contributed by atoms with van der Waals surface area (Å²) in [4.78, 5) is 47.3. The summed E-state index contributed by atoms with van der Waals surface area (Å²) in [6.07, 6.45) is -2.26. The minimum atomic E-state index is -5.08. The zero-order valence-corrected chi connectivity index (χ0v) is 20.9. The monoisotopic (exact) mass is 551 g/mol. The minimum absolute atomic E-state index is 0.163. The molecular formula is C25H28F3N5O6. The number of rotatable bonds is 8. The zero-order valence-electron chi connectivity index (χ0n) is 20.9. The maximum atomic E-state index is 12.8. The van der Waals surface area contributed by atoms with Gasteiger partial charge in [0, 0.05) is 24.3 Å². The molecule has 0 aliphatic carbocycles. The van der Waals surface area contributed by atoms with Crippen LogP contribution in [0.25, 0.3) is 0 Å². The van der Waals surface area contributed by atoms with Crippen LogP contribution in [-0.2, 0) is 25.5 Å². The molecule has 0 spiro atoms. The average molecular weight is 552 g/mol. The quantitative estimate of drug-likeness (QED) is 0.170. The number of hydrazone groups is 1. The van der Waals surface area contributed by atoms with Gasteiger partial charge in [-0.05, 0) is 55.2 Å². The van der Waals surface area contributed by atoms with Crippen LogP contribution in [0.15, 0.2) is 53.6 Å². The number of esters is 1. The molecule has 11 nitrogen and oxygen atoms in total.